The molecule has 0 spiro atoms. The highest BCUT2D eigenvalue weighted by atomic mass is 35.5. The van der Waals surface area contributed by atoms with Crippen LogP contribution in [0.25, 0.3) is 0 Å². The average Bonchev–Trinajstić information content (AvgIpc) is 2.73. The zero-order valence-corrected chi connectivity index (χ0v) is 18.8. The summed E-state index contributed by atoms with van der Waals surface area (Å²) >= 11 is 12.0. The van der Waals surface area contributed by atoms with E-state index in [1.54, 1.807) is 43.3 Å². The van der Waals surface area contributed by atoms with Gasteiger partial charge in [-0.2, -0.15) is 5.10 Å². The van der Waals surface area contributed by atoms with Crippen molar-refractivity contribution >= 4 is 46.4 Å². The largest absolute Gasteiger partial charge is 0.322 e. The lowest BCUT2D eigenvalue weighted by Gasteiger charge is -2.09. The summed E-state index contributed by atoms with van der Waals surface area (Å²) in [4.78, 5) is 24.9. The van der Waals surface area contributed by atoms with E-state index in [4.69, 9.17) is 23.2 Å². The Morgan fingerprint density at radius 3 is 2.32 bits per heavy atom. The smallest absolute Gasteiger partial charge is 0.271 e. The van der Waals surface area contributed by atoms with Crippen LogP contribution in [0.5, 0.6) is 0 Å². The molecule has 158 valence electrons. The number of anilines is 1. The van der Waals surface area contributed by atoms with E-state index in [-0.39, 0.29) is 16.8 Å². The number of rotatable bonds is 5. The van der Waals surface area contributed by atoms with Gasteiger partial charge in [0, 0.05) is 16.3 Å². The van der Waals surface area contributed by atoms with Gasteiger partial charge in [-0.15, -0.1) is 0 Å². The van der Waals surface area contributed by atoms with Crippen molar-refractivity contribution in [1.29, 1.82) is 0 Å². The Hall–Kier alpha value is -3.15. The maximum Gasteiger partial charge on any atom is 0.271 e. The molecule has 0 aliphatic heterocycles. The normalized spacial score (nSPS) is 11.2. The Morgan fingerprint density at radius 1 is 0.839 bits per heavy atom. The van der Waals surface area contributed by atoms with Crippen LogP contribution < -0.4 is 10.7 Å². The fourth-order valence-corrected chi connectivity index (χ4v) is 3.33. The minimum Gasteiger partial charge on any atom is -0.322 e. The van der Waals surface area contributed by atoms with Gasteiger partial charge in [-0.05, 0) is 79.9 Å². The third-order valence-electron chi connectivity index (χ3n) is 4.81. The van der Waals surface area contributed by atoms with E-state index in [2.05, 4.69) is 15.8 Å². The second-order valence-electron chi connectivity index (χ2n) is 7.10. The van der Waals surface area contributed by atoms with Gasteiger partial charge in [0.2, 0.25) is 0 Å². The SMILES string of the molecule is C/C(=N\NC(=O)c1ccc(C)c(C)c1)c1cccc(NC(=O)c2ccc(Cl)cc2Cl)c1. The number of carbonyl (C=O) groups excluding carboxylic acids is 2. The number of nitrogens with one attached hydrogen (secondary N) is 2. The first kappa shape index (κ1) is 22.5. The van der Waals surface area contributed by atoms with Crippen LogP contribution >= 0.6 is 23.2 Å². The molecule has 7 heteroatoms. The maximum absolute atomic E-state index is 12.5. The molecule has 0 aliphatic carbocycles. The second-order valence-corrected chi connectivity index (χ2v) is 7.94. The number of carbonyl (C=O) groups is 2. The average molecular weight is 454 g/mol. The molecule has 2 amide bonds. The predicted octanol–water partition coefficient (Wildman–Crippen LogP) is 6.02. The number of halogens is 2. The van der Waals surface area contributed by atoms with E-state index in [9.17, 15) is 9.59 Å². The quantitative estimate of drug-likeness (QED) is 0.366. The summed E-state index contributed by atoms with van der Waals surface area (Å²) in [5.41, 5.74) is 7.52. The molecular formula is C24H21Cl2N3O2. The molecule has 0 bridgehead atoms. The first-order valence-corrected chi connectivity index (χ1v) is 10.3. The Labute approximate surface area is 191 Å². The standard InChI is InChI=1S/C24H21Cl2N3O2/c1-14-7-8-18(11-15(14)2)23(30)29-28-16(3)17-5-4-6-20(12-17)27-24(31)21-10-9-19(25)13-22(21)26/h4-13H,1-3H3,(H,27,31)(H,29,30)/b28-16+. The van der Waals surface area contributed by atoms with Gasteiger partial charge in [0.05, 0.1) is 16.3 Å². The number of hydrazone groups is 1. The van der Waals surface area contributed by atoms with Crippen molar-refractivity contribution in [3.63, 3.8) is 0 Å². The predicted molar refractivity (Wildman–Crippen MR) is 126 cm³/mol. The maximum atomic E-state index is 12.5. The van der Waals surface area contributed by atoms with Crippen LogP contribution in [0.3, 0.4) is 0 Å². The number of hydrogen-bond acceptors (Lipinski definition) is 3. The monoisotopic (exact) mass is 453 g/mol. The highest BCUT2D eigenvalue weighted by molar-refractivity contribution is 6.37. The van der Waals surface area contributed by atoms with Crippen LogP contribution in [0.2, 0.25) is 10.0 Å². The van der Waals surface area contributed by atoms with Crippen molar-refractivity contribution < 1.29 is 9.59 Å². The molecule has 0 aromatic heterocycles. The molecule has 0 fully saturated rings. The lowest BCUT2D eigenvalue weighted by molar-refractivity contribution is 0.0954. The number of aryl methyl sites for hydroxylation is 2. The van der Waals surface area contributed by atoms with Crippen molar-refractivity contribution in [2.45, 2.75) is 20.8 Å². The number of amides is 2. The van der Waals surface area contributed by atoms with Gasteiger partial charge in [-0.1, -0.05) is 41.4 Å². The fourth-order valence-electron chi connectivity index (χ4n) is 2.84. The summed E-state index contributed by atoms with van der Waals surface area (Å²) in [7, 11) is 0. The summed E-state index contributed by atoms with van der Waals surface area (Å²) in [6, 6.07) is 17.3. The minimum atomic E-state index is -0.351. The molecule has 2 N–H and O–H groups in total. The molecule has 0 saturated carbocycles. The second kappa shape index (κ2) is 9.77. The van der Waals surface area contributed by atoms with Gasteiger partial charge in [0.1, 0.15) is 0 Å². The van der Waals surface area contributed by atoms with Crippen LogP contribution in [-0.2, 0) is 0 Å². The highest BCUT2D eigenvalue weighted by Crippen LogP contribution is 2.22. The zero-order valence-electron chi connectivity index (χ0n) is 17.3. The molecule has 3 aromatic rings. The summed E-state index contributed by atoms with van der Waals surface area (Å²) < 4.78 is 0. The Balaban J connectivity index is 1.71. The van der Waals surface area contributed by atoms with E-state index < -0.39 is 0 Å². The van der Waals surface area contributed by atoms with Crippen LogP contribution in [0.4, 0.5) is 5.69 Å². The van der Waals surface area contributed by atoms with Crippen molar-refractivity contribution in [2.75, 3.05) is 5.32 Å². The molecule has 3 aromatic carbocycles. The zero-order chi connectivity index (χ0) is 22.5. The fraction of sp³-hybridized carbons (Fsp3) is 0.125. The molecule has 0 atom stereocenters. The van der Waals surface area contributed by atoms with E-state index in [1.807, 2.05) is 32.0 Å². The number of hydrogen-bond donors (Lipinski definition) is 2. The van der Waals surface area contributed by atoms with Crippen LogP contribution in [0.1, 0.15) is 44.3 Å². The lowest BCUT2D eigenvalue weighted by atomic mass is 10.1. The topological polar surface area (TPSA) is 70.6 Å². The first-order chi connectivity index (χ1) is 14.7. The molecule has 5 nitrogen and oxygen atoms in total. The molecule has 0 unspecified atom stereocenters. The van der Waals surface area contributed by atoms with Gasteiger partial charge >= 0.3 is 0 Å². The number of nitrogens with zero attached hydrogens (tertiary/aromatic N) is 1. The van der Waals surface area contributed by atoms with E-state index in [0.717, 1.165) is 16.7 Å². The van der Waals surface area contributed by atoms with Gasteiger partial charge < -0.3 is 5.32 Å². The molecule has 0 aliphatic rings. The first-order valence-electron chi connectivity index (χ1n) is 9.53. The van der Waals surface area contributed by atoms with Gasteiger partial charge in [0.25, 0.3) is 11.8 Å². The highest BCUT2D eigenvalue weighted by Gasteiger charge is 2.12. The Morgan fingerprint density at radius 2 is 1.61 bits per heavy atom. The lowest BCUT2D eigenvalue weighted by Crippen LogP contribution is -2.19. The van der Waals surface area contributed by atoms with Gasteiger partial charge in [-0.3, -0.25) is 9.59 Å². The summed E-state index contributed by atoms with van der Waals surface area (Å²) in [6.45, 7) is 5.72. The van der Waals surface area contributed by atoms with Crippen molar-refractivity contribution in [3.8, 4) is 0 Å². The van der Waals surface area contributed by atoms with E-state index in [0.29, 0.717) is 27.5 Å². The molecule has 3 rings (SSSR count). The summed E-state index contributed by atoms with van der Waals surface area (Å²) in [5.74, 6) is -0.638. The van der Waals surface area contributed by atoms with Gasteiger partial charge in [-0.25, -0.2) is 5.43 Å². The van der Waals surface area contributed by atoms with Crippen molar-refractivity contribution in [2.24, 2.45) is 5.10 Å². The van der Waals surface area contributed by atoms with Crippen LogP contribution in [0, 0.1) is 13.8 Å². The number of benzene rings is 3. The third kappa shape index (κ3) is 5.72. The minimum absolute atomic E-state index is 0.271. The van der Waals surface area contributed by atoms with E-state index in [1.165, 1.54) is 6.07 Å². The summed E-state index contributed by atoms with van der Waals surface area (Å²) in [5, 5.41) is 7.73. The van der Waals surface area contributed by atoms with Crippen LogP contribution in [-0.4, -0.2) is 17.5 Å². The molecule has 0 radical (unpaired) electrons. The Bertz CT molecular complexity index is 1190. The van der Waals surface area contributed by atoms with E-state index >= 15 is 0 Å². The molecule has 31 heavy (non-hydrogen) atoms. The molecule has 0 heterocycles. The van der Waals surface area contributed by atoms with Crippen LogP contribution in [0.15, 0.2) is 65.8 Å². The molecule has 0 saturated heterocycles. The van der Waals surface area contributed by atoms with Crippen molar-refractivity contribution in [3.05, 3.63) is 98.5 Å². The third-order valence-corrected chi connectivity index (χ3v) is 5.36. The molecular weight excluding hydrogens is 433 g/mol. The summed E-state index contributed by atoms with van der Waals surface area (Å²) in [6.07, 6.45) is 0. The van der Waals surface area contributed by atoms with Gasteiger partial charge in [0.15, 0.2) is 0 Å². The van der Waals surface area contributed by atoms with Crippen molar-refractivity contribution in [1.82, 2.24) is 5.43 Å². The Kier molecular flexibility index (Phi) is 7.10.